The number of likely N-dealkylation sites (N-methyl/N-ethyl adjacent to an activating group) is 1. The van der Waals surface area contributed by atoms with Gasteiger partial charge in [0.05, 0.1) is 0 Å². The van der Waals surface area contributed by atoms with Crippen molar-refractivity contribution in [3.05, 3.63) is 0 Å². The zero-order valence-electron chi connectivity index (χ0n) is 7.34. The van der Waals surface area contributed by atoms with E-state index < -0.39 is 0 Å². The maximum Gasteiger partial charge on any atom is 0.0108 e. The Bertz CT molecular complexity index is 136. The van der Waals surface area contributed by atoms with E-state index in [2.05, 4.69) is 17.3 Å². The fourth-order valence-electron chi connectivity index (χ4n) is 2.46. The van der Waals surface area contributed by atoms with Crippen molar-refractivity contribution < 1.29 is 0 Å². The SMILES string of the molecule is CN1CCN[C@@H]2CCC[C@@H]2C1. The maximum atomic E-state index is 3.63. The van der Waals surface area contributed by atoms with Crippen LogP contribution in [0.4, 0.5) is 0 Å². The van der Waals surface area contributed by atoms with Crippen LogP contribution in [0.25, 0.3) is 0 Å². The molecule has 0 aromatic carbocycles. The highest BCUT2D eigenvalue weighted by molar-refractivity contribution is 4.87. The van der Waals surface area contributed by atoms with E-state index in [9.17, 15) is 0 Å². The summed E-state index contributed by atoms with van der Waals surface area (Å²) in [5, 5.41) is 3.63. The molecule has 0 aromatic heterocycles. The van der Waals surface area contributed by atoms with Gasteiger partial charge in [-0.15, -0.1) is 0 Å². The van der Waals surface area contributed by atoms with Gasteiger partial charge in [-0.25, -0.2) is 0 Å². The third-order valence-electron chi connectivity index (χ3n) is 3.11. The third kappa shape index (κ3) is 1.57. The molecule has 0 unspecified atom stereocenters. The first-order chi connectivity index (χ1) is 5.36. The summed E-state index contributed by atoms with van der Waals surface area (Å²) in [6.45, 7) is 3.74. The number of nitrogens with one attached hydrogen (secondary N) is 1. The lowest BCUT2D eigenvalue weighted by molar-refractivity contribution is 0.300. The van der Waals surface area contributed by atoms with Gasteiger partial charge in [0.2, 0.25) is 0 Å². The summed E-state index contributed by atoms with van der Waals surface area (Å²) in [5.41, 5.74) is 0. The Labute approximate surface area is 69.0 Å². The summed E-state index contributed by atoms with van der Waals surface area (Å²) in [7, 11) is 2.24. The van der Waals surface area contributed by atoms with Crippen molar-refractivity contribution in [2.24, 2.45) is 5.92 Å². The maximum absolute atomic E-state index is 3.63. The first-order valence-electron chi connectivity index (χ1n) is 4.78. The number of hydrogen-bond donors (Lipinski definition) is 1. The molecule has 2 aliphatic rings. The molecule has 11 heavy (non-hydrogen) atoms. The van der Waals surface area contributed by atoms with Crippen molar-refractivity contribution in [1.82, 2.24) is 10.2 Å². The van der Waals surface area contributed by atoms with Crippen molar-refractivity contribution in [2.75, 3.05) is 26.7 Å². The van der Waals surface area contributed by atoms with Crippen LogP contribution in [-0.4, -0.2) is 37.6 Å². The molecule has 2 heteroatoms. The summed E-state index contributed by atoms with van der Waals surface area (Å²) in [6.07, 6.45) is 4.30. The lowest BCUT2D eigenvalue weighted by atomic mass is 10.0. The van der Waals surface area contributed by atoms with E-state index in [1.165, 1.54) is 38.9 Å². The van der Waals surface area contributed by atoms with Crippen molar-refractivity contribution in [3.63, 3.8) is 0 Å². The van der Waals surface area contributed by atoms with Gasteiger partial charge in [-0.05, 0) is 25.8 Å². The minimum atomic E-state index is 0.847. The zero-order chi connectivity index (χ0) is 7.68. The van der Waals surface area contributed by atoms with Crippen molar-refractivity contribution in [2.45, 2.75) is 25.3 Å². The van der Waals surface area contributed by atoms with Crippen LogP contribution in [0.2, 0.25) is 0 Å². The molecule has 1 saturated carbocycles. The highest BCUT2D eigenvalue weighted by Crippen LogP contribution is 2.27. The largest absolute Gasteiger partial charge is 0.312 e. The number of fused-ring (bicyclic) bond motifs is 1. The Hall–Kier alpha value is -0.0800. The topological polar surface area (TPSA) is 15.3 Å². The fraction of sp³-hybridized carbons (Fsp3) is 1.00. The van der Waals surface area contributed by atoms with Crippen molar-refractivity contribution in [1.29, 1.82) is 0 Å². The molecule has 64 valence electrons. The number of rotatable bonds is 0. The average Bonchev–Trinajstić information content (AvgIpc) is 2.31. The smallest absolute Gasteiger partial charge is 0.0108 e. The first kappa shape index (κ1) is 7.56. The molecule has 2 rings (SSSR count). The van der Waals surface area contributed by atoms with Crippen LogP contribution in [0.1, 0.15) is 19.3 Å². The molecule has 0 aromatic rings. The van der Waals surface area contributed by atoms with E-state index in [0.717, 1.165) is 12.0 Å². The molecule has 1 N–H and O–H groups in total. The molecular formula is C9H18N2. The minimum Gasteiger partial charge on any atom is -0.312 e. The van der Waals surface area contributed by atoms with Gasteiger partial charge >= 0.3 is 0 Å². The second-order valence-electron chi connectivity index (χ2n) is 4.01. The van der Waals surface area contributed by atoms with E-state index in [-0.39, 0.29) is 0 Å². The van der Waals surface area contributed by atoms with Gasteiger partial charge in [0.25, 0.3) is 0 Å². The summed E-state index contributed by atoms with van der Waals surface area (Å²) in [4.78, 5) is 2.46. The van der Waals surface area contributed by atoms with Crippen molar-refractivity contribution in [3.8, 4) is 0 Å². The first-order valence-corrected chi connectivity index (χ1v) is 4.78. The van der Waals surface area contributed by atoms with Gasteiger partial charge in [-0.1, -0.05) is 6.42 Å². The van der Waals surface area contributed by atoms with Gasteiger partial charge in [0, 0.05) is 25.7 Å². The van der Waals surface area contributed by atoms with Gasteiger partial charge in [-0.3, -0.25) is 0 Å². The summed E-state index contributed by atoms with van der Waals surface area (Å²) >= 11 is 0. The molecule has 0 radical (unpaired) electrons. The third-order valence-corrected chi connectivity index (χ3v) is 3.11. The van der Waals surface area contributed by atoms with E-state index in [1.807, 2.05) is 0 Å². The molecule has 0 spiro atoms. The molecule has 0 amide bonds. The van der Waals surface area contributed by atoms with Crippen molar-refractivity contribution >= 4 is 0 Å². The highest BCUT2D eigenvalue weighted by atomic mass is 15.1. The Morgan fingerprint density at radius 2 is 2.27 bits per heavy atom. The number of nitrogens with zero attached hydrogens (tertiary/aromatic N) is 1. The number of hydrogen-bond acceptors (Lipinski definition) is 2. The predicted molar refractivity (Wildman–Crippen MR) is 46.6 cm³/mol. The van der Waals surface area contributed by atoms with Crippen LogP contribution in [0.15, 0.2) is 0 Å². The normalized spacial score (nSPS) is 40.1. The van der Waals surface area contributed by atoms with Crippen LogP contribution >= 0.6 is 0 Å². The quantitative estimate of drug-likeness (QED) is 0.552. The van der Waals surface area contributed by atoms with Gasteiger partial charge in [-0.2, -0.15) is 0 Å². The molecule has 1 aliphatic carbocycles. The lowest BCUT2D eigenvalue weighted by Crippen LogP contribution is -2.32. The molecule has 0 bridgehead atoms. The monoisotopic (exact) mass is 154 g/mol. The Morgan fingerprint density at radius 1 is 1.36 bits per heavy atom. The Balaban J connectivity index is 1.98. The van der Waals surface area contributed by atoms with E-state index in [1.54, 1.807) is 0 Å². The van der Waals surface area contributed by atoms with Crippen LogP contribution in [0.5, 0.6) is 0 Å². The second kappa shape index (κ2) is 3.11. The van der Waals surface area contributed by atoms with Crippen LogP contribution in [0.3, 0.4) is 0 Å². The average molecular weight is 154 g/mol. The van der Waals surface area contributed by atoms with Crippen LogP contribution < -0.4 is 5.32 Å². The summed E-state index contributed by atoms with van der Waals surface area (Å²) < 4.78 is 0. The molecule has 1 heterocycles. The Kier molecular flexibility index (Phi) is 2.14. The van der Waals surface area contributed by atoms with Crippen LogP contribution in [0, 0.1) is 5.92 Å². The van der Waals surface area contributed by atoms with Gasteiger partial charge in [0.1, 0.15) is 0 Å². The minimum absolute atomic E-state index is 0.847. The second-order valence-corrected chi connectivity index (χ2v) is 4.01. The van der Waals surface area contributed by atoms with E-state index >= 15 is 0 Å². The molecule has 1 saturated heterocycles. The summed E-state index contributed by atoms with van der Waals surface area (Å²) in [6, 6.07) is 0.847. The molecule has 2 nitrogen and oxygen atoms in total. The molecule has 2 fully saturated rings. The molecule has 1 aliphatic heterocycles. The Morgan fingerprint density at radius 3 is 3.18 bits per heavy atom. The zero-order valence-corrected chi connectivity index (χ0v) is 7.34. The fourth-order valence-corrected chi connectivity index (χ4v) is 2.46. The molecule has 2 atom stereocenters. The van der Waals surface area contributed by atoms with Gasteiger partial charge < -0.3 is 10.2 Å². The highest BCUT2D eigenvalue weighted by Gasteiger charge is 2.29. The standard InChI is InChI=1S/C9H18N2/c1-11-6-5-10-9-4-2-3-8(9)7-11/h8-10H,2-7H2,1H3/t8-,9-/m1/s1. The van der Waals surface area contributed by atoms with E-state index in [4.69, 9.17) is 0 Å². The predicted octanol–water partition coefficient (Wildman–Crippen LogP) is 0.690. The molecular weight excluding hydrogens is 136 g/mol. The summed E-state index contributed by atoms with van der Waals surface area (Å²) in [5.74, 6) is 0.947. The van der Waals surface area contributed by atoms with E-state index in [0.29, 0.717) is 0 Å². The van der Waals surface area contributed by atoms with Crippen LogP contribution in [-0.2, 0) is 0 Å². The lowest BCUT2D eigenvalue weighted by Gasteiger charge is -2.19. The van der Waals surface area contributed by atoms with Gasteiger partial charge in [0.15, 0.2) is 0 Å².